The monoisotopic (exact) mass is 457 g/mol. The third kappa shape index (κ3) is 5.09. The van der Waals surface area contributed by atoms with Crippen molar-refractivity contribution in [2.75, 3.05) is 38.0 Å². The predicted octanol–water partition coefficient (Wildman–Crippen LogP) is 1.15. The molecule has 1 aliphatic rings. The number of anilines is 2. The minimum absolute atomic E-state index is 0.126. The van der Waals surface area contributed by atoms with Crippen LogP contribution < -0.4 is 25.5 Å². The van der Waals surface area contributed by atoms with E-state index in [0.29, 0.717) is 23.1 Å². The van der Waals surface area contributed by atoms with Crippen LogP contribution in [0.5, 0.6) is 5.88 Å². The third-order valence-electron chi connectivity index (χ3n) is 5.55. The molecule has 3 aromatic heterocycles. The number of methoxy groups -OCH3 is 1. The molecule has 34 heavy (non-hydrogen) atoms. The lowest BCUT2D eigenvalue weighted by molar-refractivity contribution is -0.114. The Balaban J connectivity index is 1.60. The maximum absolute atomic E-state index is 12.7. The number of hydrogen-bond acceptors (Lipinski definition) is 8. The summed E-state index contributed by atoms with van der Waals surface area (Å²) in [5, 5.41) is 4.38. The van der Waals surface area contributed by atoms with Gasteiger partial charge in [0.15, 0.2) is 5.82 Å². The maximum Gasteiger partial charge on any atom is 0.243 e. The van der Waals surface area contributed by atoms with Crippen LogP contribution in [0.3, 0.4) is 0 Å². The Morgan fingerprint density at radius 3 is 2.82 bits per heavy atom. The van der Waals surface area contributed by atoms with Crippen molar-refractivity contribution < 1.29 is 9.53 Å². The number of aryl methyl sites for hydroxylation is 1. The van der Waals surface area contributed by atoms with Crippen LogP contribution in [-0.2, 0) is 17.6 Å². The van der Waals surface area contributed by atoms with Gasteiger partial charge in [-0.15, -0.1) is 0 Å². The van der Waals surface area contributed by atoms with Crippen molar-refractivity contribution in [2.24, 2.45) is 4.99 Å². The van der Waals surface area contributed by atoms with Gasteiger partial charge in [0.25, 0.3) is 0 Å². The molecule has 0 radical (unpaired) electrons. The largest absolute Gasteiger partial charge is 0.481 e. The van der Waals surface area contributed by atoms with Gasteiger partial charge in [0.2, 0.25) is 11.8 Å². The van der Waals surface area contributed by atoms with Gasteiger partial charge in [-0.05, 0) is 42.7 Å². The zero-order chi connectivity index (χ0) is 24.1. The molecule has 0 atom stereocenters. The number of carbonyl (C=O) groups excluding carboxylic acids is 1. The molecule has 174 valence electrons. The molecule has 0 saturated carbocycles. The molecule has 9 heteroatoms. The lowest BCUT2D eigenvalue weighted by atomic mass is 10.2. The maximum atomic E-state index is 12.7. The second-order valence-electron chi connectivity index (χ2n) is 7.94. The van der Waals surface area contributed by atoms with E-state index >= 15 is 0 Å². The molecule has 4 rings (SSSR count). The minimum atomic E-state index is -0.174. The zero-order valence-corrected chi connectivity index (χ0v) is 19.6. The fourth-order valence-corrected chi connectivity index (χ4v) is 3.85. The molecule has 3 aromatic rings. The predicted molar refractivity (Wildman–Crippen MR) is 133 cm³/mol. The number of nitrogens with one attached hydrogen (secondary N) is 1. The van der Waals surface area contributed by atoms with E-state index in [2.05, 4.69) is 26.9 Å². The van der Waals surface area contributed by atoms with Crippen molar-refractivity contribution in [3.05, 3.63) is 64.3 Å². The van der Waals surface area contributed by atoms with Crippen molar-refractivity contribution in [3.8, 4) is 5.88 Å². The zero-order valence-electron chi connectivity index (χ0n) is 19.6. The lowest BCUT2D eigenvalue weighted by Crippen LogP contribution is -2.32. The number of amides is 1. The third-order valence-corrected chi connectivity index (χ3v) is 5.55. The number of ether oxygens (including phenoxy) is 1. The molecule has 0 unspecified atom stereocenters. The fraction of sp³-hybridized carbons (Fsp3) is 0.280. The molecule has 1 N–H and O–H groups in total. The van der Waals surface area contributed by atoms with Crippen LogP contribution in [0.1, 0.15) is 23.5 Å². The molecule has 0 fully saturated rings. The number of likely N-dealkylation sites (N-methyl/N-ethyl adjacent to an activating group) is 1. The van der Waals surface area contributed by atoms with Crippen LogP contribution in [0, 0.1) is 0 Å². The number of aliphatic imine (C=N–C) groups is 1. The van der Waals surface area contributed by atoms with Gasteiger partial charge in [0.05, 0.1) is 30.9 Å². The van der Waals surface area contributed by atoms with Crippen LogP contribution in [-0.4, -0.2) is 59.3 Å². The molecule has 0 bridgehead atoms. The van der Waals surface area contributed by atoms with Gasteiger partial charge in [-0.1, -0.05) is 12.6 Å². The first-order chi connectivity index (χ1) is 16.5. The van der Waals surface area contributed by atoms with Gasteiger partial charge in [0.1, 0.15) is 11.5 Å². The first kappa shape index (κ1) is 23.0. The number of carbonyl (C=O) groups is 1. The second kappa shape index (κ2) is 10.2. The summed E-state index contributed by atoms with van der Waals surface area (Å²) in [5.74, 6) is 1.56. The number of fused-ring (bicyclic) bond motifs is 1. The van der Waals surface area contributed by atoms with Crippen LogP contribution >= 0.6 is 0 Å². The van der Waals surface area contributed by atoms with Gasteiger partial charge >= 0.3 is 0 Å². The van der Waals surface area contributed by atoms with Gasteiger partial charge in [0, 0.05) is 37.6 Å². The summed E-state index contributed by atoms with van der Waals surface area (Å²) >= 11 is 0. The Kier molecular flexibility index (Phi) is 6.91. The number of pyridine rings is 2. The second-order valence-corrected chi connectivity index (χ2v) is 7.94. The molecular formula is C25H27N7O2. The quantitative estimate of drug-likeness (QED) is 0.531. The summed E-state index contributed by atoms with van der Waals surface area (Å²) in [7, 11) is 5.11. The summed E-state index contributed by atoms with van der Waals surface area (Å²) in [5.41, 5.74) is 3.29. The Bertz CT molecular complexity index is 1340. The Morgan fingerprint density at radius 1 is 1.26 bits per heavy atom. The first-order valence-electron chi connectivity index (χ1n) is 11.0. The lowest BCUT2D eigenvalue weighted by Gasteiger charge is -2.21. The van der Waals surface area contributed by atoms with Crippen molar-refractivity contribution in [1.82, 2.24) is 19.9 Å². The van der Waals surface area contributed by atoms with E-state index in [-0.39, 0.29) is 12.5 Å². The number of nitrogens with zero attached hydrogens (tertiary/aromatic N) is 6. The van der Waals surface area contributed by atoms with Crippen LogP contribution in [0.15, 0.2) is 41.7 Å². The van der Waals surface area contributed by atoms with Crippen molar-refractivity contribution in [3.63, 3.8) is 0 Å². The van der Waals surface area contributed by atoms with E-state index < -0.39 is 0 Å². The van der Waals surface area contributed by atoms with Gasteiger partial charge in [-0.2, -0.15) is 0 Å². The van der Waals surface area contributed by atoms with Crippen LogP contribution in [0.2, 0.25) is 0 Å². The standard InChI is InChI=1S/C25H27N7O2/c1-16-7-6-12-27-20(16)13-21(26-2)24-30-19-9-5-8-18(19)25(31-24)32(3)15-22(33)29-17-10-11-23(34-4)28-14-17/h6-7,10-14H,1,5,8-9,15H2,2-4H3,(H,29,33)/b20-13+,26-21?. The van der Waals surface area contributed by atoms with Gasteiger partial charge in [-0.3, -0.25) is 14.8 Å². The molecule has 3 heterocycles. The van der Waals surface area contributed by atoms with Crippen molar-refractivity contribution >= 4 is 35.8 Å². The topological polar surface area (TPSA) is 105 Å². The highest BCUT2D eigenvalue weighted by atomic mass is 16.5. The van der Waals surface area contributed by atoms with Crippen molar-refractivity contribution in [1.29, 1.82) is 0 Å². The summed E-state index contributed by atoms with van der Waals surface area (Å²) in [6.45, 7) is 4.15. The van der Waals surface area contributed by atoms with E-state index in [9.17, 15) is 4.79 Å². The van der Waals surface area contributed by atoms with E-state index in [0.717, 1.165) is 46.9 Å². The van der Waals surface area contributed by atoms with E-state index in [1.165, 1.54) is 0 Å². The number of rotatable bonds is 7. The molecule has 9 nitrogen and oxygen atoms in total. The fourth-order valence-electron chi connectivity index (χ4n) is 3.85. The molecule has 1 amide bonds. The normalized spacial score (nSPS) is 13.5. The molecular weight excluding hydrogens is 430 g/mol. The van der Waals surface area contributed by atoms with Crippen molar-refractivity contribution in [2.45, 2.75) is 19.3 Å². The first-order valence-corrected chi connectivity index (χ1v) is 11.0. The van der Waals surface area contributed by atoms with E-state index in [1.807, 2.05) is 30.2 Å². The average molecular weight is 458 g/mol. The molecule has 0 aliphatic heterocycles. The Hall–Kier alpha value is -4.14. The average Bonchev–Trinajstić information content (AvgIpc) is 3.32. The summed E-state index contributed by atoms with van der Waals surface area (Å²) in [4.78, 5) is 37.1. The SMILES string of the molecule is C=c1cccn/c1=C/C(=NC)c1nc2c(c(N(C)CC(=O)Nc3ccc(OC)nc3)n1)CCC2. The summed E-state index contributed by atoms with van der Waals surface area (Å²) in [6, 6.07) is 7.18. The van der Waals surface area contributed by atoms with E-state index in [1.54, 1.807) is 38.7 Å². The smallest absolute Gasteiger partial charge is 0.243 e. The highest BCUT2D eigenvalue weighted by Gasteiger charge is 2.23. The number of aromatic nitrogens is 4. The molecule has 0 spiro atoms. The molecule has 1 aliphatic carbocycles. The summed E-state index contributed by atoms with van der Waals surface area (Å²) in [6.07, 6.45) is 7.87. The highest BCUT2D eigenvalue weighted by Crippen LogP contribution is 2.28. The van der Waals surface area contributed by atoms with E-state index in [4.69, 9.17) is 14.7 Å². The van der Waals surface area contributed by atoms with Crippen LogP contribution in [0.25, 0.3) is 12.7 Å². The Labute approximate surface area is 198 Å². The van der Waals surface area contributed by atoms with Gasteiger partial charge < -0.3 is 15.0 Å². The van der Waals surface area contributed by atoms with Crippen LogP contribution in [0.4, 0.5) is 11.5 Å². The van der Waals surface area contributed by atoms with Gasteiger partial charge in [-0.25, -0.2) is 15.0 Å². The minimum Gasteiger partial charge on any atom is -0.481 e. The molecule has 0 saturated heterocycles. The number of hydrogen-bond donors (Lipinski definition) is 1. The Morgan fingerprint density at radius 2 is 2.12 bits per heavy atom. The summed E-state index contributed by atoms with van der Waals surface area (Å²) < 4.78 is 5.06. The highest BCUT2D eigenvalue weighted by molar-refractivity contribution is 6.18. The molecule has 0 aromatic carbocycles.